The van der Waals surface area contributed by atoms with Crippen LogP contribution in [0.3, 0.4) is 0 Å². The highest BCUT2D eigenvalue weighted by molar-refractivity contribution is 7.87. The van der Waals surface area contributed by atoms with Crippen LogP contribution in [0.25, 0.3) is 0 Å². The lowest BCUT2D eigenvalue weighted by molar-refractivity contribution is 0.372. The molecule has 1 aliphatic heterocycles. The van der Waals surface area contributed by atoms with E-state index in [0.717, 1.165) is 32.2 Å². The predicted octanol–water partition coefficient (Wildman–Crippen LogP) is -0.333. The van der Waals surface area contributed by atoms with E-state index in [4.69, 9.17) is 0 Å². The zero-order valence-electron chi connectivity index (χ0n) is 9.07. The minimum Gasteiger partial charge on any atom is -0.318 e. The summed E-state index contributed by atoms with van der Waals surface area (Å²) in [7, 11) is -1.37. The second-order valence-electron chi connectivity index (χ2n) is 4.36. The van der Waals surface area contributed by atoms with Gasteiger partial charge in [-0.1, -0.05) is 0 Å². The maximum atomic E-state index is 12.0. The van der Waals surface area contributed by atoms with Gasteiger partial charge in [0, 0.05) is 25.2 Å². The summed E-state index contributed by atoms with van der Waals surface area (Å²) in [4.78, 5) is 0. The van der Waals surface area contributed by atoms with E-state index in [0.29, 0.717) is 6.54 Å². The van der Waals surface area contributed by atoms with Gasteiger partial charge >= 0.3 is 0 Å². The molecule has 1 saturated heterocycles. The average Bonchev–Trinajstić information content (AvgIpc) is 2.82. The van der Waals surface area contributed by atoms with Gasteiger partial charge < -0.3 is 5.32 Å². The first-order valence-electron chi connectivity index (χ1n) is 5.57. The first-order valence-corrected chi connectivity index (χ1v) is 7.01. The summed E-state index contributed by atoms with van der Waals surface area (Å²) >= 11 is 0. The minimum atomic E-state index is -3.22. The van der Waals surface area contributed by atoms with E-state index in [1.807, 2.05) is 7.05 Å². The van der Waals surface area contributed by atoms with Crippen LogP contribution < -0.4 is 10.0 Å². The molecule has 15 heavy (non-hydrogen) atoms. The molecule has 1 saturated carbocycles. The van der Waals surface area contributed by atoms with E-state index in [-0.39, 0.29) is 12.1 Å². The van der Waals surface area contributed by atoms with E-state index >= 15 is 0 Å². The molecule has 0 amide bonds. The van der Waals surface area contributed by atoms with Gasteiger partial charge in [0.2, 0.25) is 0 Å². The zero-order valence-corrected chi connectivity index (χ0v) is 9.89. The molecule has 0 spiro atoms. The van der Waals surface area contributed by atoms with E-state index < -0.39 is 10.2 Å². The fourth-order valence-corrected chi connectivity index (χ4v) is 3.78. The number of rotatable bonds is 5. The molecule has 0 bridgehead atoms. The van der Waals surface area contributed by atoms with Crippen molar-refractivity contribution in [2.24, 2.45) is 0 Å². The minimum absolute atomic E-state index is 0.131. The standard InChI is InChI=1S/C9H19N3O2S/c1-10-7-9-3-2-6-12(9)15(13,14)11-8-4-5-8/h8-11H,2-7H2,1H3. The largest absolute Gasteiger partial charge is 0.318 e. The van der Waals surface area contributed by atoms with Gasteiger partial charge in [-0.25, -0.2) is 0 Å². The van der Waals surface area contributed by atoms with Gasteiger partial charge in [0.25, 0.3) is 10.2 Å². The summed E-state index contributed by atoms with van der Waals surface area (Å²) in [6.07, 6.45) is 3.91. The van der Waals surface area contributed by atoms with Crippen LogP contribution >= 0.6 is 0 Å². The molecule has 1 atom stereocenters. The third-order valence-corrected chi connectivity index (χ3v) is 4.69. The molecule has 0 aromatic heterocycles. The van der Waals surface area contributed by atoms with E-state index in [1.165, 1.54) is 0 Å². The summed E-state index contributed by atoms with van der Waals surface area (Å²) in [6, 6.07) is 0.331. The predicted molar refractivity (Wildman–Crippen MR) is 58.7 cm³/mol. The van der Waals surface area contributed by atoms with Crippen LogP contribution in [0.15, 0.2) is 0 Å². The quantitative estimate of drug-likeness (QED) is 0.683. The number of likely N-dealkylation sites (N-methyl/N-ethyl adjacent to an activating group) is 1. The number of hydrogen-bond donors (Lipinski definition) is 2. The highest BCUT2D eigenvalue weighted by Gasteiger charge is 2.37. The van der Waals surface area contributed by atoms with Crippen LogP contribution in [0.2, 0.25) is 0 Å². The maximum absolute atomic E-state index is 12.0. The topological polar surface area (TPSA) is 61.4 Å². The van der Waals surface area contributed by atoms with Crippen molar-refractivity contribution < 1.29 is 8.42 Å². The molecule has 88 valence electrons. The second kappa shape index (κ2) is 4.37. The molecule has 2 N–H and O–H groups in total. The SMILES string of the molecule is CNCC1CCCN1S(=O)(=O)NC1CC1. The van der Waals surface area contributed by atoms with Crippen molar-refractivity contribution in [3.8, 4) is 0 Å². The number of nitrogens with zero attached hydrogens (tertiary/aromatic N) is 1. The first kappa shape index (κ1) is 11.3. The lowest BCUT2D eigenvalue weighted by atomic mass is 10.2. The van der Waals surface area contributed by atoms with Gasteiger partial charge in [0.1, 0.15) is 0 Å². The van der Waals surface area contributed by atoms with Gasteiger partial charge in [-0.05, 0) is 32.7 Å². The Morgan fingerprint density at radius 3 is 2.67 bits per heavy atom. The Kier molecular flexibility index (Phi) is 3.30. The Morgan fingerprint density at radius 2 is 2.07 bits per heavy atom. The fourth-order valence-electron chi connectivity index (χ4n) is 2.04. The Bertz CT molecular complexity index is 313. The van der Waals surface area contributed by atoms with E-state index in [2.05, 4.69) is 10.0 Å². The van der Waals surface area contributed by atoms with Crippen molar-refractivity contribution in [2.75, 3.05) is 20.1 Å². The third-order valence-electron chi connectivity index (χ3n) is 2.96. The van der Waals surface area contributed by atoms with Crippen LogP contribution in [0.4, 0.5) is 0 Å². The molecule has 6 heteroatoms. The van der Waals surface area contributed by atoms with Crippen molar-refractivity contribution in [1.29, 1.82) is 0 Å². The van der Waals surface area contributed by atoms with Crippen molar-refractivity contribution in [1.82, 2.24) is 14.3 Å². The zero-order chi connectivity index (χ0) is 10.9. The lowest BCUT2D eigenvalue weighted by Gasteiger charge is -2.23. The monoisotopic (exact) mass is 233 g/mol. The van der Waals surface area contributed by atoms with Gasteiger partial charge in [-0.15, -0.1) is 0 Å². The molecule has 1 heterocycles. The molecule has 0 aromatic carbocycles. The summed E-state index contributed by atoms with van der Waals surface area (Å²) in [5.41, 5.74) is 0. The van der Waals surface area contributed by atoms with Gasteiger partial charge in [0.15, 0.2) is 0 Å². The van der Waals surface area contributed by atoms with Crippen LogP contribution in [-0.4, -0.2) is 44.9 Å². The van der Waals surface area contributed by atoms with Crippen molar-refractivity contribution >= 4 is 10.2 Å². The van der Waals surface area contributed by atoms with Crippen LogP contribution in [0.1, 0.15) is 25.7 Å². The van der Waals surface area contributed by atoms with Crippen LogP contribution in [-0.2, 0) is 10.2 Å². The molecule has 2 fully saturated rings. The Hall–Kier alpha value is -0.170. The summed E-state index contributed by atoms with van der Waals surface area (Å²) < 4.78 is 28.3. The van der Waals surface area contributed by atoms with E-state index in [1.54, 1.807) is 4.31 Å². The molecule has 1 aliphatic carbocycles. The van der Waals surface area contributed by atoms with Crippen molar-refractivity contribution in [3.05, 3.63) is 0 Å². The first-order chi connectivity index (χ1) is 7.13. The number of nitrogens with one attached hydrogen (secondary N) is 2. The van der Waals surface area contributed by atoms with Crippen LogP contribution in [0, 0.1) is 0 Å². The average molecular weight is 233 g/mol. The van der Waals surface area contributed by atoms with Crippen molar-refractivity contribution in [2.45, 2.75) is 37.8 Å². The van der Waals surface area contributed by atoms with Gasteiger partial charge in [0.05, 0.1) is 0 Å². The molecule has 2 aliphatic rings. The number of hydrogen-bond acceptors (Lipinski definition) is 3. The van der Waals surface area contributed by atoms with Crippen molar-refractivity contribution in [3.63, 3.8) is 0 Å². The van der Waals surface area contributed by atoms with E-state index in [9.17, 15) is 8.42 Å². The third kappa shape index (κ3) is 2.69. The van der Waals surface area contributed by atoms with Gasteiger partial charge in [-0.3, -0.25) is 0 Å². The molecular weight excluding hydrogens is 214 g/mol. The smallest absolute Gasteiger partial charge is 0.279 e. The Balaban J connectivity index is 2.00. The summed E-state index contributed by atoms with van der Waals surface area (Å²) in [5, 5.41) is 3.05. The van der Waals surface area contributed by atoms with Gasteiger partial charge in [-0.2, -0.15) is 17.4 Å². The Labute approximate surface area is 91.4 Å². The highest BCUT2D eigenvalue weighted by atomic mass is 32.2. The molecule has 0 radical (unpaired) electrons. The molecule has 5 nitrogen and oxygen atoms in total. The van der Waals surface area contributed by atoms with Crippen LogP contribution in [0.5, 0.6) is 0 Å². The molecule has 0 aromatic rings. The molecular formula is C9H19N3O2S. The summed E-state index contributed by atoms with van der Waals surface area (Å²) in [5.74, 6) is 0. The molecule has 1 unspecified atom stereocenters. The lowest BCUT2D eigenvalue weighted by Crippen LogP contribution is -2.47. The second-order valence-corrected chi connectivity index (χ2v) is 6.02. The highest BCUT2D eigenvalue weighted by Crippen LogP contribution is 2.24. The summed E-state index contributed by atoms with van der Waals surface area (Å²) in [6.45, 7) is 1.40. The Morgan fingerprint density at radius 1 is 1.33 bits per heavy atom. The normalized spacial score (nSPS) is 28.5. The molecule has 2 rings (SSSR count). The fraction of sp³-hybridized carbons (Fsp3) is 1.00. The maximum Gasteiger partial charge on any atom is 0.279 e.